The Kier molecular flexibility index (Phi) is 4.47. The first-order chi connectivity index (χ1) is 7.86. The molecule has 0 saturated carbocycles. The van der Waals surface area contributed by atoms with Gasteiger partial charge in [0.2, 0.25) is 5.91 Å². The third-order valence-electron chi connectivity index (χ3n) is 3.22. The van der Waals surface area contributed by atoms with Crippen LogP contribution in [0.3, 0.4) is 0 Å². The molecule has 1 heterocycles. The van der Waals surface area contributed by atoms with Crippen molar-refractivity contribution in [2.75, 3.05) is 20.3 Å². The number of rotatable bonds is 4. The van der Waals surface area contributed by atoms with Gasteiger partial charge < -0.3 is 20.5 Å². The van der Waals surface area contributed by atoms with Crippen molar-refractivity contribution in [2.24, 2.45) is 17.6 Å². The first-order valence-corrected chi connectivity index (χ1v) is 5.69. The van der Waals surface area contributed by atoms with E-state index in [9.17, 15) is 9.59 Å². The predicted molar refractivity (Wildman–Crippen MR) is 61.3 cm³/mol. The van der Waals surface area contributed by atoms with E-state index in [1.165, 1.54) is 4.90 Å². The van der Waals surface area contributed by atoms with Crippen LogP contribution >= 0.6 is 0 Å². The van der Waals surface area contributed by atoms with E-state index in [0.717, 1.165) is 0 Å². The fourth-order valence-corrected chi connectivity index (χ4v) is 1.84. The summed E-state index contributed by atoms with van der Waals surface area (Å²) in [5.41, 5.74) is 5.77. The molecule has 0 aromatic carbocycles. The van der Waals surface area contributed by atoms with Crippen LogP contribution in [0.1, 0.15) is 13.8 Å². The minimum absolute atomic E-state index is 0.0237. The number of ether oxygens (including phenoxy) is 1. The van der Waals surface area contributed by atoms with E-state index in [2.05, 4.69) is 0 Å². The Balaban J connectivity index is 2.72. The summed E-state index contributed by atoms with van der Waals surface area (Å²) in [6.45, 7) is 4.12. The standard InChI is InChI=1S/C11H20N2O4/c1-6(2)9(12)10(14)13(3)8-5-17-4-7(8)11(15)16/h6-9H,4-5,12H2,1-3H3,(H,15,16)/t7?,8?,9-/m0/s1. The van der Waals surface area contributed by atoms with E-state index in [4.69, 9.17) is 15.6 Å². The van der Waals surface area contributed by atoms with Crippen molar-refractivity contribution in [3.63, 3.8) is 0 Å². The van der Waals surface area contributed by atoms with Gasteiger partial charge in [-0.1, -0.05) is 13.8 Å². The van der Waals surface area contributed by atoms with E-state index in [0.29, 0.717) is 0 Å². The van der Waals surface area contributed by atoms with Crippen molar-refractivity contribution in [3.05, 3.63) is 0 Å². The van der Waals surface area contributed by atoms with Crippen LogP contribution in [0.5, 0.6) is 0 Å². The van der Waals surface area contributed by atoms with Gasteiger partial charge >= 0.3 is 5.97 Å². The van der Waals surface area contributed by atoms with Gasteiger partial charge in [-0.3, -0.25) is 9.59 Å². The molecule has 1 aliphatic heterocycles. The van der Waals surface area contributed by atoms with Crippen LogP contribution in [0.15, 0.2) is 0 Å². The molecule has 1 saturated heterocycles. The van der Waals surface area contributed by atoms with Gasteiger partial charge in [0.05, 0.1) is 25.3 Å². The number of carbonyl (C=O) groups excluding carboxylic acids is 1. The summed E-state index contributed by atoms with van der Waals surface area (Å²) in [6, 6.07) is -1.03. The van der Waals surface area contributed by atoms with E-state index in [-0.39, 0.29) is 25.0 Å². The van der Waals surface area contributed by atoms with Gasteiger partial charge in [-0.2, -0.15) is 0 Å². The zero-order chi connectivity index (χ0) is 13.2. The Morgan fingerprint density at radius 3 is 2.47 bits per heavy atom. The molecular formula is C11H20N2O4. The summed E-state index contributed by atoms with van der Waals surface area (Å²) in [6.07, 6.45) is 0. The molecular weight excluding hydrogens is 224 g/mol. The highest BCUT2D eigenvalue weighted by molar-refractivity contribution is 5.83. The molecule has 1 amide bonds. The van der Waals surface area contributed by atoms with Crippen molar-refractivity contribution in [3.8, 4) is 0 Å². The summed E-state index contributed by atoms with van der Waals surface area (Å²) in [5, 5.41) is 9.01. The number of carbonyl (C=O) groups is 2. The normalized spacial score (nSPS) is 25.9. The highest BCUT2D eigenvalue weighted by atomic mass is 16.5. The molecule has 0 aliphatic carbocycles. The van der Waals surface area contributed by atoms with Crippen LogP contribution in [0.25, 0.3) is 0 Å². The average molecular weight is 244 g/mol. The van der Waals surface area contributed by atoms with Gasteiger partial charge in [-0.25, -0.2) is 0 Å². The SMILES string of the molecule is CC(C)[C@H](N)C(=O)N(C)C1COCC1C(=O)O. The molecule has 0 aromatic rings. The summed E-state index contributed by atoms with van der Waals surface area (Å²) in [7, 11) is 1.58. The molecule has 0 spiro atoms. The van der Waals surface area contributed by atoms with Gasteiger partial charge in [-0.05, 0) is 5.92 Å². The maximum atomic E-state index is 12.0. The molecule has 1 aliphatic rings. The number of carboxylic acid groups (broad SMARTS) is 1. The van der Waals surface area contributed by atoms with Crippen LogP contribution in [0.4, 0.5) is 0 Å². The largest absolute Gasteiger partial charge is 0.481 e. The highest BCUT2D eigenvalue weighted by Gasteiger charge is 2.39. The summed E-state index contributed by atoms with van der Waals surface area (Å²) in [4.78, 5) is 24.4. The molecule has 1 rings (SSSR count). The van der Waals surface area contributed by atoms with Gasteiger partial charge in [0, 0.05) is 7.05 Å². The van der Waals surface area contributed by atoms with Gasteiger partial charge in [-0.15, -0.1) is 0 Å². The molecule has 3 N–H and O–H groups in total. The van der Waals surface area contributed by atoms with Gasteiger partial charge in [0.25, 0.3) is 0 Å². The van der Waals surface area contributed by atoms with E-state index >= 15 is 0 Å². The number of amides is 1. The molecule has 98 valence electrons. The van der Waals surface area contributed by atoms with E-state index in [1.54, 1.807) is 7.05 Å². The summed E-state index contributed by atoms with van der Waals surface area (Å²) in [5.74, 6) is -1.81. The topological polar surface area (TPSA) is 92.9 Å². The Morgan fingerprint density at radius 1 is 1.41 bits per heavy atom. The van der Waals surface area contributed by atoms with Crippen LogP contribution in [0.2, 0.25) is 0 Å². The lowest BCUT2D eigenvalue weighted by Crippen LogP contribution is -2.51. The Labute approximate surface area is 101 Å². The van der Waals surface area contributed by atoms with Crippen molar-refractivity contribution in [2.45, 2.75) is 25.9 Å². The Hall–Kier alpha value is -1.14. The van der Waals surface area contributed by atoms with Crippen molar-refractivity contribution >= 4 is 11.9 Å². The van der Waals surface area contributed by atoms with E-state index < -0.39 is 24.0 Å². The van der Waals surface area contributed by atoms with Crippen LogP contribution < -0.4 is 5.73 Å². The molecule has 2 unspecified atom stereocenters. The number of carboxylic acids is 1. The van der Waals surface area contributed by atoms with Crippen LogP contribution in [-0.2, 0) is 14.3 Å². The molecule has 1 fully saturated rings. The summed E-state index contributed by atoms with van der Waals surface area (Å²) < 4.78 is 5.13. The van der Waals surface area contributed by atoms with Crippen LogP contribution in [-0.4, -0.2) is 54.2 Å². The number of nitrogens with zero attached hydrogens (tertiary/aromatic N) is 1. The molecule has 3 atom stereocenters. The van der Waals surface area contributed by atoms with Crippen molar-refractivity contribution in [1.29, 1.82) is 0 Å². The van der Waals surface area contributed by atoms with E-state index in [1.807, 2.05) is 13.8 Å². The quantitative estimate of drug-likeness (QED) is 0.697. The van der Waals surface area contributed by atoms with Gasteiger partial charge in [0.1, 0.15) is 5.92 Å². The fourth-order valence-electron chi connectivity index (χ4n) is 1.84. The third kappa shape index (κ3) is 2.95. The Morgan fingerprint density at radius 2 is 2.00 bits per heavy atom. The lowest BCUT2D eigenvalue weighted by molar-refractivity contribution is -0.145. The van der Waals surface area contributed by atoms with Crippen molar-refractivity contribution < 1.29 is 19.4 Å². The fraction of sp³-hybridized carbons (Fsp3) is 0.818. The monoisotopic (exact) mass is 244 g/mol. The second-order valence-electron chi connectivity index (χ2n) is 4.77. The molecule has 0 bridgehead atoms. The smallest absolute Gasteiger partial charge is 0.311 e. The lowest BCUT2D eigenvalue weighted by atomic mass is 9.99. The molecule has 17 heavy (non-hydrogen) atoms. The number of aliphatic carboxylic acids is 1. The first-order valence-electron chi connectivity index (χ1n) is 5.69. The van der Waals surface area contributed by atoms with Crippen LogP contribution in [0, 0.1) is 11.8 Å². The number of likely N-dealkylation sites (N-methyl/N-ethyl adjacent to an activating group) is 1. The molecule has 6 nitrogen and oxygen atoms in total. The van der Waals surface area contributed by atoms with Gasteiger partial charge in [0.15, 0.2) is 0 Å². The minimum Gasteiger partial charge on any atom is -0.481 e. The zero-order valence-electron chi connectivity index (χ0n) is 10.4. The Bertz CT molecular complexity index is 306. The predicted octanol–water partition coefficient (Wildman–Crippen LogP) is -0.472. The zero-order valence-corrected chi connectivity index (χ0v) is 10.4. The number of hydrogen-bond acceptors (Lipinski definition) is 4. The highest BCUT2D eigenvalue weighted by Crippen LogP contribution is 2.20. The maximum Gasteiger partial charge on any atom is 0.311 e. The molecule has 0 radical (unpaired) electrons. The minimum atomic E-state index is -0.940. The number of nitrogens with two attached hydrogens (primary N) is 1. The third-order valence-corrected chi connectivity index (χ3v) is 3.22. The number of hydrogen-bond donors (Lipinski definition) is 2. The lowest BCUT2D eigenvalue weighted by Gasteiger charge is -2.29. The second-order valence-corrected chi connectivity index (χ2v) is 4.77. The summed E-state index contributed by atoms with van der Waals surface area (Å²) >= 11 is 0. The van der Waals surface area contributed by atoms with Crippen molar-refractivity contribution in [1.82, 2.24) is 4.90 Å². The average Bonchev–Trinajstić information content (AvgIpc) is 2.74. The first kappa shape index (κ1) is 13.9. The second kappa shape index (κ2) is 5.46. The molecule has 6 heteroatoms. The molecule has 0 aromatic heterocycles. The maximum absolute atomic E-state index is 12.0.